The van der Waals surface area contributed by atoms with Crippen LogP contribution in [0, 0.1) is 6.92 Å². The van der Waals surface area contributed by atoms with E-state index in [4.69, 9.17) is 10.9 Å². The second-order valence-corrected chi connectivity index (χ2v) is 5.26. The van der Waals surface area contributed by atoms with E-state index in [1.165, 1.54) is 12.4 Å². The largest absolute Gasteiger partial charge is 0.409 e. The third-order valence-corrected chi connectivity index (χ3v) is 3.80. The van der Waals surface area contributed by atoms with Gasteiger partial charge in [0, 0.05) is 0 Å². The van der Waals surface area contributed by atoms with Crippen molar-refractivity contribution >= 4 is 21.7 Å². The number of oxime groups is 1. The molecule has 10 nitrogen and oxygen atoms in total. The Morgan fingerprint density at radius 2 is 2.11 bits per heavy atom. The molecule has 6 N–H and O–H groups in total. The van der Waals surface area contributed by atoms with Crippen LogP contribution in [-0.2, 0) is 10.0 Å². The summed E-state index contributed by atoms with van der Waals surface area (Å²) >= 11 is 0. The summed E-state index contributed by atoms with van der Waals surface area (Å²) in [6, 6.07) is 0. The molecule has 0 amide bonds. The van der Waals surface area contributed by atoms with E-state index in [0.29, 0.717) is 5.69 Å². The summed E-state index contributed by atoms with van der Waals surface area (Å²) in [5.41, 5.74) is 5.91. The minimum atomic E-state index is -3.84. The predicted molar refractivity (Wildman–Crippen MR) is 65.2 cm³/mol. The zero-order chi connectivity index (χ0) is 14.0. The maximum atomic E-state index is 12.1. The first kappa shape index (κ1) is 12.9. The van der Waals surface area contributed by atoms with Gasteiger partial charge in [-0.1, -0.05) is 5.16 Å². The Morgan fingerprint density at radius 3 is 2.68 bits per heavy atom. The average Bonchev–Trinajstić information content (AvgIpc) is 2.96. The van der Waals surface area contributed by atoms with Gasteiger partial charge in [-0.25, -0.2) is 8.42 Å². The van der Waals surface area contributed by atoms with Crippen molar-refractivity contribution in [2.24, 2.45) is 10.9 Å². The van der Waals surface area contributed by atoms with Gasteiger partial charge >= 0.3 is 0 Å². The molecule has 2 rings (SSSR count). The number of nitrogens with zero attached hydrogens (tertiary/aromatic N) is 3. The van der Waals surface area contributed by atoms with Crippen molar-refractivity contribution < 1.29 is 13.6 Å². The minimum absolute atomic E-state index is 0.00380. The lowest BCUT2D eigenvalue weighted by molar-refractivity contribution is 0.318. The summed E-state index contributed by atoms with van der Waals surface area (Å²) in [4.78, 5) is -0.00689. The quantitative estimate of drug-likeness (QED) is 0.216. The van der Waals surface area contributed by atoms with Gasteiger partial charge in [0.1, 0.15) is 10.7 Å². The van der Waals surface area contributed by atoms with E-state index < -0.39 is 10.0 Å². The number of amidine groups is 1. The van der Waals surface area contributed by atoms with Crippen LogP contribution in [-0.4, -0.2) is 39.9 Å². The van der Waals surface area contributed by atoms with Crippen LogP contribution in [0.3, 0.4) is 0 Å². The van der Waals surface area contributed by atoms with Gasteiger partial charge < -0.3 is 10.9 Å². The molecular formula is C8H11N7O3S. The molecule has 0 unspecified atom stereocenters. The molecule has 0 saturated heterocycles. The fourth-order valence-corrected chi connectivity index (χ4v) is 2.59. The van der Waals surface area contributed by atoms with Crippen LogP contribution in [0.2, 0.25) is 0 Å². The van der Waals surface area contributed by atoms with Gasteiger partial charge in [-0.15, -0.1) is 0 Å². The molecule has 0 spiro atoms. The van der Waals surface area contributed by atoms with Crippen LogP contribution < -0.4 is 10.5 Å². The Balaban J connectivity index is 2.37. The molecule has 0 saturated carbocycles. The molecule has 0 atom stereocenters. The summed E-state index contributed by atoms with van der Waals surface area (Å²) in [5.74, 6) is -0.272. The van der Waals surface area contributed by atoms with E-state index in [0.717, 1.165) is 0 Å². The van der Waals surface area contributed by atoms with Crippen LogP contribution in [0.1, 0.15) is 11.3 Å². The zero-order valence-corrected chi connectivity index (χ0v) is 10.6. The number of anilines is 1. The number of rotatable bonds is 4. The molecule has 0 aliphatic rings. The third kappa shape index (κ3) is 2.35. The van der Waals surface area contributed by atoms with Gasteiger partial charge in [0.05, 0.1) is 23.7 Å². The van der Waals surface area contributed by atoms with Gasteiger partial charge in [-0.05, 0) is 6.92 Å². The van der Waals surface area contributed by atoms with Gasteiger partial charge in [-0.2, -0.15) is 10.2 Å². The summed E-state index contributed by atoms with van der Waals surface area (Å²) < 4.78 is 26.4. The minimum Gasteiger partial charge on any atom is -0.409 e. The molecule has 11 heteroatoms. The molecule has 2 aromatic rings. The van der Waals surface area contributed by atoms with Crippen LogP contribution >= 0.6 is 0 Å². The summed E-state index contributed by atoms with van der Waals surface area (Å²) in [6.07, 6.45) is 2.41. The summed E-state index contributed by atoms with van der Waals surface area (Å²) in [6.45, 7) is 1.57. The van der Waals surface area contributed by atoms with Gasteiger partial charge in [0.15, 0.2) is 5.84 Å². The molecule has 0 aromatic carbocycles. The number of aromatic nitrogens is 4. The first-order chi connectivity index (χ1) is 8.95. The monoisotopic (exact) mass is 285 g/mol. The van der Waals surface area contributed by atoms with Crippen molar-refractivity contribution in [2.75, 3.05) is 4.72 Å². The lowest BCUT2D eigenvalue weighted by Crippen LogP contribution is -2.19. The van der Waals surface area contributed by atoms with Crippen LogP contribution in [0.4, 0.5) is 5.82 Å². The Hall–Kier alpha value is -2.56. The van der Waals surface area contributed by atoms with Crippen LogP contribution in [0.15, 0.2) is 22.4 Å². The van der Waals surface area contributed by atoms with Crippen molar-refractivity contribution in [3.05, 3.63) is 23.7 Å². The van der Waals surface area contributed by atoms with Crippen molar-refractivity contribution in [3.63, 3.8) is 0 Å². The number of hydrogen-bond donors (Lipinski definition) is 5. The Bertz CT molecular complexity index is 714. The number of aromatic amines is 2. The molecule has 2 aromatic heterocycles. The fraction of sp³-hybridized carbons (Fsp3) is 0.125. The first-order valence-corrected chi connectivity index (χ1v) is 6.48. The molecule has 2 heterocycles. The molecule has 0 bridgehead atoms. The highest BCUT2D eigenvalue weighted by Gasteiger charge is 2.21. The lowest BCUT2D eigenvalue weighted by Gasteiger charge is -2.06. The molecule has 102 valence electrons. The van der Waals surface area contributed by atoms with Gasteiger partial charge in [-0.3, -0.25) is 14.9 Å². The second-order valence-electron chi connectivity index (χ2n) is 3.61. The number of aryl methyl sites for hydroxylation is 1. The van der Waals surface area contributed by atoms with E-state index >= 15 is 0 Å². The van der Waals surface area contributed by atoms with Gasteiger partial charge in [0.25, 0.3) is 10.0 Å². The molecule has 19 heavy (non-hydrogen) atoms. The van der Waals surface area contributed by atoms with Crippen LogP contribution in [0.25, 0.3) is 0 Å². The standard InChI is InChI=1S/C8H11N7O3S/c1-4-6(3-11-12-4)19(17,18)15-8-5(2-10-13-8)7(9)14-16/h2-3,16H,1H3,(H2,9,14)(H,11,12)(H2,10,13,15). The predicted octanol–water partition coefficient (Wildman–Crippen LogP) is -0.663. The molecule has 0 aliphatic carbocycles. The fourth-order valence-electron chi connectivity index (χ4n) is 1.41. The van der Waals surface area contributed by atoms with E-state index in [1.807, 2.05) is 0 Å². The van der Waals surface area contributed by atoms with Gasteiger partial charge in [0.2, 0.25) is 0 Å². The number of nitrogens with one attached hydrogen (secondary N) is 3. The molecular weight excluding hydrogens is 274 g/mol. The molecule has 0 radical (unpaired) electrons. The SMILES string of the molecule is Cc1[nH]ncc1S(=O)(=O)Nc1[nH]ncc1C(N)=NO. The zero-order valence-electron chi connectivity index (χ0n) is 9.75. The van der Waals surface area contributed by atoms with Crippen molar-refractivity contribution in [1.82, 2.24) is 20.4 Å². The molecule has 0 fully saturated rings. The maximum Gasteiger partial charge on any atom is 0.266 e. The highest BCUT2D eigenvalue weighted by atomic mass is 32.2. The van der Waals surface area contributed by atoms with Crippen LogP contribution in [0.5, 0.6) is 0 Å². The van der Waals surface area contributed by atoms with Crippen molar-refractivity contribution in [1.29, 1.82) is 0 Å². The Labute approximate surface area is 107 Å². The third-order valence-electron chi connectivity index (χ3n) is 2.33. The highest BCUT2D eigenvalue weighted by Crippen LogP contribution is 2.18. The van der Waals surface area contributed by atoms with Crippen molar-refractivity contribution in [2.45, 2.75) is 11.8 Å². The highest BCUT2D eigenvalue weighted by molar-refractivity contribution is 7.92. The topological polar surface area (TPSA) is 162 Å². The number of H-pyrrole nitrogens is 2. The average molecular weight is 285 g/mol. The summed E-state index contributed by atoms with van der Waals surface area (Å²) in [7, 11) is -3.84. The van der Waals surface area contributed by atoms with E-state index in [2.05, 4.69) is 30.3 Å². The van der Waals surface area contributed by atoms with E-state index in [-0.39, 0.29) is 22.1 Å². The molecule has 0 aliphatic heterocycles. The normalized spacial score (nSPS) is 12.6. The smallest absolute Gasteiger partial charge is 0.266 e. The number of hydrogen-bond acceptors (Lipinski definition) is 6. The lowest BCUT2D eigenvalue weighted by atomic mass is 10.3. The van der Waals surface area contributed by atoms with Crippen molar-refractivity contribution in [3.8, 4) is 0 Å². The second kappa shape index (κ2) is 4.61. The first-order valence-electron chi connectivity index (χ1n) is 4.99. The number of nitrogens with two attached hydrogens (primary N) is 1. The summed E-state index contributed by atoms with van der Waals surface area (Å²) in [5, 5.41) is 23.6. The number of sulfonamides is 1. The maximum absolute atomic E-state index is 12.1. The Kier molecular flexibility index (Phi) is 3.12. The Morgan fingerprint density at radius 1 is 1.42 bits per heavy atom. The van der Waals surface area contributed by atoms with E-state index in [1.54, 1.807) is 6.92 Å². The van der Waals surface area contributed by atoms with E-state index in [9.17, 15) is 8.42 Å².